The average Bonchev–Trinajstić information content (AvgIpc) is 3.11. The zero-order valence-corrected chi connectivity index (χ0v) is 16.5. The van der Waals surface area contributed by atoms with Crippen molar-refractivity contribution in [3.8, 4) is 0 Å². The number of methoxy groups -OCH3 is 1. The Morgan fingerprint density at radius 2 is 1.78 bits per heavy atom. The Bertz CT molecular complexity index is 724. The Morgan fingerprint density at radius 1 is 1.04 bits per heavy atom. The van der Waals surface area contributed by atoms with Crippen LogP contribution in [0.1, 0.15) is 38.5 Å². The molecule has 1 aromatic heterocycles. The number of unbranched alkanes of at least 4 members (excludes halogenated alkanes) is 3. The normalized spacial score (nSPS) is 11.6. The van der Waals surface area contributed by atoms with Crippen LogP contribution in [-0.2, 0) is 16.1 Å². The number of benzene rings is 1. The molecule has 0 radical (unpaired) electrons. The summed E-state index contributed by atoms with van der Waals surface area (Å²) in [5.74, 6) is 0.729. The molecular weight excluding hydrogens is 340 g/mol. The van der Waals surface area contributed by atoms with Crippen LogP contribution in [0, 0.1) is 0 Å². The largest absolute Gasteiger partial charge is 0.469 e. The van der Waals surface area contributed by atoms with Gasteiger partial charge in [-0.2, -0.15) is 0 Å². The molecule has 0 saturated heterocycles. The third-order valence-electron chi connectivity index (χ3n) is 4.60. The molecule has 1 heterocycles. The second-order valence-electron chi connectivity index (χ2n) is 6.59. The van der Waals surface area contributed by atoms with Crippen molar-refractivity contribution in [3.05, 3.63) is 36.5 Å². The number of hydrogen-bond acceptors (Lipinski definition) is 3. The van der Waals surface area contributed by atoms with Crippen molar-refractivity contribution < 1.29 is 9.53 Å². The van der Waals surface area contributed by atoms with Gasteiger partial charge >= 0.3 is 5.97 Å². The van der Waals surface area contributed by atoms with E-state index in [0.717, 1.165) is 57.7 Å². The molecular formula is C21H32N4O2. The predicted molar refractivity (Wildman–Crippen MR) is 111 cm³/mol. The minimum atomic E-state index is -0.120. The van der Waals surface area contributed by atoms with Crippen LogP contribution in [-0.4, -0.2) is 43.7 Å². The van der Waals surface area contributed by atoms with Gasteiger partial charge in [-0.1, -0.05) is 31.0 Å². The highest BCUT2D eigenvalue weighted by molar-refractivity contribution is 5.80. The summed E-state index contributed by atoms with van der Waals surface area (Å²) in [6.45, 7) is 2.75. The molecule has 27 heavy (non-hydrogen) atoms. The van der Waals surface area contributed by atoms with Crippen LogP contribution in [0.2, 0.25) is 0 Å². The smallest absolute Gasteiger partial charge is 0.305 e. The van der Waals surface area contributed by atoms with Gasteiger partial charge in [0.25, 0.3) is 0 Å². The van der Waals surface area contributed by atoms with E-state index in [4.69, 9.17) is 0 Å². The van der Waals surface area contributed by atoms with Crippen molar-refractivity contribution in [2.75, 3.05) is 27.2 Å². The van der Waals surface area contributed by atoms with Gasteiger partial charge < -0.3 is 19.9 Å². The molecule has 0 amide bonds. The Morgan fingerprint density at radius 3 is 2.56 bits per heavy atom. The number of hydrogen-bond donors (Lipinski definition) is 2. The van der Waals surface area contributed by atoms with Gasteiger partial charge in [0.1, 0.15) is 0 Å². The number of guanidine groups is 1. The van der Waals surface area contributed by atoms with Crippen LogP contribution in [0.4, 0.5) is 0 Å². The number of aromatic nitrogens is 1. The topological polar surface area (TPSA) is 67.7 Å². The molecule has 0 aliphatic carbocycles. The van der Waals surface area contributed by atoms with Gasteiger partial charge in [-0.3, -0.25) is 9.79 Å². The van der Waals surface area contributed by atoms with E-state index in [1.165, 1.54) is 18.0 Å². The first-order chi connectivity index (χ1) is 13.2. The van der Waals surface area contributed by atoms with Crippen molar-refractivity contribution in [1.82, 2.24) is 15.2 Å². The monoisotopic (exact) mass is 372 g/mol. The first-order valence-electron chi connectivity index (χ1n) is 9.80. The SMILES string of the molecule is CN=C(NCCCCCCC(=O)OC)NCCCn1ccc2ccccc21. The standard InChI is InChI=1S/C21H32N4O2/c1-22-21(23-14-8-4-3-5-12-20(26)27-2)24-15-9-16-25-17-13-18-10-6-7-11-19(18)25/h6-7,10-11,13,17H,3-5,8-9,12,14-16H2,1-2H3,(H2,22,23,24). The minimum absolute atomic E-state index is 0.120. The number of nitrogens with one attached hydrogen (secondary N) is 2. The highest BCUT2D eigenvalue weighted by Crippen LogP contribution is 2.15. The fourth-order valence-electron chi connectivity index (χ4n) is 3.07. The number of nitrogens with zero attached hydrogens (tertiary/aromatic N) is 2. The van der Waals surface area contributed by atoms with Gasteiger partial charge in [-0.15, -0.1) is 0 Å². The van der Waals surface area contributed by atoms with E-state index >= 15 is 0 Å². The van der Waals surface area contributed by atoms with E-state index in [2.05, 4.69) is 61.5 Å². The summed E-state index contributed by atoms with van der Waals surface area (Å²) in [6, 6.07) is 10.6. The number of ether oxygens (including phenoxy) is 1. The van der Waals surface area contributed by atoms with Crippen LogP contribution in [0.3, 0.4) is 0 Å². The number of carbonyl (C=O) groups is 1. The maximum absolute atomic E-state index is 11.0. The predicted octanol–water partition coefficient (Wildman–Crippen LogP) is 3.32. The quantitative estimate of drug-likeness (QED) is 0.275. The molecule has 0 bridgehead atoms. The summed E-state index contributed by atoms with van der Waals surface area (Å²) < 4.78 is 6.93. The van der Waals surface area contributed by atoms with Gasteiger partial charge in [0.05, 0.1) is 7.11 Å². The van der Waals surface area contributed by atoms with E-state index in [9.17, 15) is 4.79 Å². The molecule has 6 heteroatoms. The first kappa shape index (κ1) is 20.8. The lowest BCUT2D eigenvalue weighted by atomic mass is 10.1. The summed E-state index contributed by atoms with van der Waals surface area (Å²) in [4.78, 5) is 15.3. The molecule has 0 aliphatic heterocycles. The molecule has 0 unspecified atom stereocenters. The third kappa shape index (κ3) is 7.33. The van der Waals surface area contributed by atoms with Crippen LogP contribution in [0.5, 0.6) is 0 Å². The molecule has 0 saturated carbocycles. The summed E-state index contributed by atoms with van der Waals surface area (Å²) in [7, 11) is 3.23. The van der Waals surface area contributed by atoms with E-state index in [-0.39, 0.29) is 5.97 Å². The van der Waals surface area contributed by atoms with E-state index < -0.39 is 0 Å². The van der Waals surface area contributed by atoms with Crippen molar-refractivity contribution in [2.24, 2.45) is 4.99 Å². The van der Waals surface area contributed by atoms with Crippen molar-refractivity contribution in [2.45, 2.75) is 45.1 Å². The van der Waals surface area contributed by atoms with E-state index in [0.29, 0.717) is 6.42 Å². The lowest BCUT2D eigenvalue weighted by molar-refractivity contribution is -0.140. The molecule has 0 spiro atoms. The number of esters is 1. The summed E-state index contributed by atoms with van der Waals surface area (Å²) in [5.41, 5.74) is 1.28. The van der Waals surface area contributed by atoms with Gasteiger partial charge in [0, 0.05) is 44.8 Å². The zero-order valence-electron chi connectivity index (χ0n) is 16.5. The number of carbonyl (C=O) groups excluding carboxylic acids is 1. The second-order valence-corrected chi connectivity index (χ2v) is 6.59. The minimum Gasteiger partial charge on any atom is -0.469 e. The molecule has 2 N–H and O–H groups in total. The molecule has 0 aliphatic rings. The van der Waals surface area contributed by atoms with Crippen LogP contribution >= 0.6 is 0 Å². The lowest BCUT2D eigenvalue weighted by Gasteiger charge is -2.12. The van der Waals surface area contributed by atoms with Crippen molar-refractivity contribution in [1.29, 1.82) is 0 Å². The molecule has 2 aromatic rings. The molecule has 6 nitrogen and oxygen atoms in total. The maximum atomic E-state index is 11.0. The second kappa shape index (κ2) is 12.0. The molecule has 1 aromatic carbocycles. The van der Waals surface area contributed by atoms with Gasteiger partial charge in [0.15, 0.2) is 5.96 Å². The average molecular weight is 373 g/mol. The summed E-state index contributed by atoms with van der Waals surface area (Å²) in [6.07, 6.45) is 7.81. The third-order valence-corrected chi connectivity index (χ3v) is 4.60. The first-order valence-corrected chi connectivity index (χ1v) is 9.80. The molecule has 0 atom stereocenters. The van der Waals surface area contributed by atoms with Gasteiger partial charge in [-0.05, 0) is 36.8 Å². The number of para-hydroxylation sites is 1. The van der Waals surface area contributed by atoms with Crippen LogP contribution < -0.4 is 10.6 Å². The highest BCUT2D eigenvalue weighted by Gasteiger charge is 2.01. The number of rotatable bonds is 11. The summed E-state index contributed by atoms with van der Waals surface area (Å²) >= 11 is 0. The van der Waals surface area contributed by atoms with Crippen LogP contribution in [0.15, 0.2) is 41.5 Å². The maximum Gasteiger partial charge on any atom is 0.305 e. The van der Waals surface area contributed by atoms with Gasteiger partial charge in [0.2, 0.25) is 0 Å². The molecule has 2 rings (SSSR count). The van der Waals surface area contributed by atoms with E-state index in [1.807, 2.05) is 0 Å². The number of aryl methyl sites for hydroxylation is 1. The fourth-order valence-corrected chi connectivity index (χ4v) is 3.07. The van der Waals surface area contributed by atoms with Crippen molar-refractivity contribution in [3.63, 3.8) is 0 Å². The Kier molecular flexibility index (Phi) is 9.24. The fraction of sp³-hybridized carbons (Fsp3) is 0.524. The highest BCUT2D eigenvalue weighted by atomic mass is 16.5. The number of aliphatic imine (C=N–C) groups is 1. The Labute approximate surface area is 162 Å². The van der Waals surface area contributed by atoms with Crippen LogP contribution in [0.25, 0.3) is 10.9 Å². The van der Waals surface area contributed by atoms with E-state index in [1.54, 1.807) is 7.05 Å². The van der Waals surface area contributed by atoms with Crippen molar-refractivity contribution >= 4 is 22.8 Å². The summed E-state index contributed by atoms with van der Waals surface area (Å²) in [5, 5.41) is 8.00. The van der Waals surface area contributed by atoms with Gasteiger partial charge in [-0.25, -0.2) is 0 Å². The molecule has 0 fully saturated rings. The lowest BCUT2D eigenvalue weighted by Crippen LogP contribution is -2.38. The Hall–Kier alpha value is -2.50. The zero-order chi connectivity index (χ0) is 19.3. The Balaban J connectivity index is 1.54. The number of fused-ring (bicyclic) bond motifs is 1. The molecule has 148 valence electrons.